The van der Waals surface area contributed by atoms with Gasteiger partial charge in [0.1, 0.15) is 4.88 Å². The van der Waals surface area contributed by atoms with Gasteiger partial charge in [-0.05, 0) is 29.7 Å². The molecule has 0 aliphatic heterocycles. The highest BCUT2D eigenvalue weighted by atomic mass is 32.2. The Kier molecular flexibility index (Phi) is 2.47. The molecule has 0 amide bonds. The van der Waals surface area contributed by atoms with Gasteiger partial charge in [0.15, 0.2) is 0 Å². The molecule has 1 aromatic heterocycles. The molecule has 0 radical (unpaired) electrons. The predicted molar refractivity (Wildman–Crippen MR) is 63.8 cm³/mol. The average Bonchev–Trinajstić information content (AvgIpc) is 2.58. The summed E-state index contributed by atoms with van der Waals surface area (Å²) in [6.07, 6.45) is 1.35. The zero-order chi connectivity index (χ0) is 11.9. The highest BCUT2D eigenvalue weighted by Crippen LogP contribution is 2.27. The number of hydrogen-bond acceptors (Lipinski definition) is 4. The van der Waals surface area contributed by atoms with E-state index in [4.69, 9.17) is 9.89 Å². The molecule has 4 nitrogen and oxygen atoms in total. The lowest BCUT2D eigenvalue weighted by atomic mass is 10.2. The Morgan fingerprint density at radius 1 is 1.44 bits per heavy atom. The highest BCUT2D eigenvalue weighted by Gasteiger charge is 2.10. The van der Waals surface area contributed by atoms with Crippen molar-refractivity contribution in [2.75, 3.05) is 6.26 Å². The SMILES string of the molecule is CS(=N)(=O)c1ccc2sc(C(=O)O)cc2c1. The predicted octanol–water partition coefficient (Wildman–Crippen LogP) is 2.63. The Balaban J connectivity index is 2.67. The van der Waals surface area contributed by atoms with Crippen molar-refractivity contribution in [3.63, 3.8) is 0 Å². The van der Waals surface area contributed by atoms with Gasteiger partial charge in [-0.25, -0.2) is 13.8 Å². The topological polar surface area (TPSA) is 78.2 Å². The van der Waals surface area contributed by atoms with Crippen LogP contribution in [0.3, 0.4) is 0 Å². The Bertz CT molecular complexity index is 670. The Hall–Kier alpha value is -1.40. The van der Waals surface area contributed by atoms with Crippen LogP contribution in [-0.4, -0.2) is 21.5 Å². The first-order valence-electron chi connectivity index (χ1n) is 4.38. The molecule has 0 aliphatic rings. The maximum absolute atomic E-state index is 11.5. The van der Waals surface area contributed by atoms with Crippen molar-refractivity contribution in [3.8, 4) is 0 Å². The molecule has 0 bridgehead atoms. The number of benzene rings is 1. The fraction of sp³-hybridized carbons (Fsp3) is 0.100. The van der Waals surface area contributed by atoms with Crippen molar-refractivity contribution in [2.24, 2.45) is 0 Å². The van der Waals surface area contributed by atoms with E-state index < -0.39 is 15.7 Å². The zero-order valence-corrected chi connectivity index (χ0v) is 10.0. The van der Waals surface area contributed by atoms with Gasteiger partial charge in [0, 0.05) is 15.9 Å². The average molecular weight is 255 g/mol. The Morgan fingerprint density at radius 3 is 2.69 bits per heavy atom. The van der Waals surface area contributed by atoms with Crippen LogP contribution < -0.4 is 0 Å². The van der Waals surface area contributed by atoms with Crippen molar-refractivity contribution in [2.45, 2.75) is 4.90 Å². The van der Waals surface area contributed by atoms with Gasteiger partial charge in [-0.3, -0.25) is 0 Å². The van der Waals surface area contributed by atoms with Crippen molar-refractivity contribution in [1.82, 2.24) is 0 Å². The van der Waals surface area contributed by atoms with Crippen LogP contribution in [0.5, 0.6) is 0 Å². The third-order valence-electron chi connectivity index (χ3n) is 2.15. The van der Waals surface area contributed by atoms with E-state index in [-0.39, 0.29) is 4.88 Å². The summed E-state index contributed by atoms with van der Waals surface area (Å²) in [5.74, 6) is -0.967. The summed E-state index contributed by atoms with van der Waals surface area (Å²) in [5, 5.41) is 9.56. The van der Waals surface area contributed by atoms with Gasteiger partial charge >= 0.3 is 5.97 Å². The van der Waals surface area contributed by atoms with Crippen LogP contribution in [0.15, 0.2) is 29.2 Å². The summed E-state index contributed by atoms with van der Waals surface area (Å²) in [7, 11) is -2.75. The number of fused-ring (bicyclic) bond motifs is 1. The fourth-order valence-corrected chi connectivity index (χ4v) is 2.93. The highest BCUT2D eigenvalue weighted by molar-refractivity contribution is 7.91. The van der Waals surface area contributed by atoms with Gasteiger partial charge in [0.25, 0.3) is 0 Å². The number of nitrogens with one attached hydrogen (secondary N) is 1. The molecule has 1 atom stereocenters. The maximum atomic E-state index is 11.5. The number of carboxylic acids is 1. The fourth-order valence-electron chi connectivity index (χ4n) is 1.37. The van der Waals surface area contributed by atoms with Gasteiger partial charge in [-0.1, -0.05) is 0 Å². The number of rotatable bonds is 2. The molecule has 0 saturated carbocycles. The van der Waals surface area contributed by atoms with E-state index in [0.29, 0.717) is 4.90 Å². The second-order valence-corrected chi connectivity index (χ2v) is 6.70. The Morgan fingerprint density at radius 2 is 2.12 bits per heavy atom. The monoisotopic (exact) mass is 255 g/mol. The smallest absolute Gasteiger partial charge is 0.345 e. The molecule has 0 aliphatic carbocycles. The number of thiophene rings is 1. The van der Waals surface area contributed by atoms with E-state index in [1.807, 2.05) is 0 Å². The molecule has 1 unspecified atom stereocenters. The lowest BCUT2D eigenvalue weighted by molar-refractivity contribution is 0.0702. The Labute approximate surface area is 96.5 Å². The van der Waals surface area contributed by atoms with E-state index in [2.05, 4.69) is 0 Å². The van der Waals surface area contributed by atoms with E-state index >= 15 is 0 Å². The molecule has 2 rings (SSSR count). The van der Waals surface area contributed by atoms with Gasteiger partial charge in [-0.15, -0.1) is 11.3 Å². The largest absolute Gasteiger partial charge is 0.477 e. The van der Waals surface area contributed by atoms with Gasteiger partial charge in [0.05, 0.1) is 9.73 Å². The molecule has 1 aromatic carbocycles. The summed E-state index contributed by atoms with van der Waals surface area (Å²) in [6, 6.07) is 6.48. The maximum Gasteiger partial charge on any atom is 0.345 e. The molecule has 2 aromatic rings. The first-order valence-corrected chi connectivity index (χ1v) is 7.17. The number of carboxylic acid groups (broad SMARTS) is 1. The first kappa shape index (κ1) is 11.1. The van der Waals surface area contributed by atoms with Gasteiger partial charge in [-0.2, -0.15) is 0 Å². The molecule has 16 heavy (non-hydrogen) atoms. The van der Waals surface area contributed by atoms with Crippen LogP contribution in [0.2, 0.25) is 0 Å². The summed E-state index contributed by atoms with van der Waals surface area (Å²) in [5.41, 5.74) is 0. The molecular weight excluding hydrogens is 246 g/mol. The second-order valence-electron chi connectivity index (χ2n) is 3.46. The summed E-state index contributed by atoms with van der Waals surface area (Å²) in [4.78, 5) is 11.4. The van der Waals surface area contributed by atoms with E-state index in [1.165, 1.54) is 23.7 Å². The van der Waals surface area contributed by atoms with Crippen molar-refractivity contribution in [1.29, 1.82) is 4.78 Å². The molecule has 2 N–H and O–H groups in total. The number of aromatic carboxylic acids is 1. The van der Waals surface area contributed by atoms with Crippen molar-refractivity contribution < 1.29 is 14.1 Å². The van der Waals surface area contributed by atoms with Crippen LogP contribution in [0.4, 0.5) is 0 Å². The zero-order valence-electron chi connectivity index (χ0n) is 8.39. The summed E-state index contributed by atoms with van der Waals surface area (Å²) < 4.78 is 19.8. The van der Waals surface area contributed by atoms with E-state index in [0.717, 1.165) is 10.1 Å². The first-order chi connectivity index (χ1) is 7.38. The van der Waals surface area contributed by atoms with Gasteiger partial charge < -0.3 is 5.11 Å². The van der Waals surface area contributed by atoms with Crippen LogP contribution in [0, 0.1) is 4.78 Å². The van der Waals surface area contributed by atoms with Crippen LogP contribution in [0.25, 0.3) is 10.1 Å². The summed E-state index contributed by atoms with van der Waals surface area (Å²) in [6.45, 7) is 0. The van der Waals surface area contributed by atoms with Gasteiger partial charge in [0.2, 0.25) is 0 Å². The van der Waals surface area contributed by atoms with Crippen molar-refractivity contribution in [3.05, 3.63) is 29.1 Å². The van der Waals surface area contributed by atoms with E-state index in [9.17, 15) is 9.00 Å². The lowest BCUT2D eigenvalue weighted by Crippen LogP contribution is -1.93. The molecule has 0 saturated heterocycles. The third kappa shape index (κ3) is 1.94. The molecule has 6 heteroatoms. The quantitative estimate of drug-likeness (QED) is 0.865. The number of carbonyl (C=O) groups is 1. The molecule has 0 spiro atoms. The minimum Gasteiger partial charge on any atom is -0.477 e. The minimum absolute atomic E-state index is 0.250. The number of hydrogen-bond donors (Lipinski definition) is 2. The van der Waals surface area contributed by atoms with Crippen LogP contribution in [-0.2, 0) is 9.73 Å². The lowest BCUT2D eigenvalue weighted by Gasteiger charge is -1.99. The minimum atomic E-state index is -2.75. The van der Waals surface area contributed by atoms with Crippen molar-refractivity contribution >= 4 is 37.1 Å². The van der Waals surface area contributed by atoms with E-state index in [1.54, 1.807) is 18.2 Å². The molecule has 1 heterocycles. The normalized spacial score (nSPS) is 14.8. The molecule has 84 valence electrons. The van der Waals surface area contributed by atoms with Crippen LogP contribution >= 0.6 is 11.3 Å². The second kappa shape index (κ2) is 3.57. The molecule has 0 fully saturated rings. The standard InChI is InChI=1S/C10H9NO3S2/c1-16(11,14)7-2-3-8-6(4-7)5-9(15-8)10(12)13/h2-5,11H,1H3,(H,12,13). The summed E-state index contributed by atoms with van der Waals surface area (Å²) >= 11 is 1.17. The van der Waals surface area contributed by atoms with Crippen LogP contribution in [0.1, 0.15) is 9.67 Å². The molecular formula is C10H9NO3S2. The third-order valence-corrected chi connectivity index (χ3v) is 4.41.